The minimum Gasteiger partial charge on any atom is -0.312 e. The summed E-state index contributed by atoms with van der Waals surface area (Å²) in [5.74, 6) is -0.0535. The van der Waals surface area contributed by atoms with Gasteiger partial charge < -0.3 is 4.90 Å². The Morgan fingerprint density at radius 3 is 2.37 bits per heavy atom. The molecule has 3 aromatic rings. The Balaban J connectivity index is 1.48. The molecule has 1 aliphatic rings. The third-order valence-electron chi connectivity index (χ3n) is 6.15. The number of anilines is 1. The molecule has 2 aromatic carbocycles. The zero-order valence-electron chi connectivity index (χ0n) is 19.5. The molecule has 0 aliphatic carbocycles. The summed E-state index contributed by atoms with van der Waals surface area (Å²) < 4.78 is 38.6. The summed E-state index contributed by atoms with van der Waals surface area (Å²) >= 11 is 0. The van der Waals surface area contributed by atoms with Crippen molar-refractivity contribution < 1.29 is 22.8 Å². The average Bonchev–Trinajstić information content (AvgIpc) is 3.15. The van der Waals surface area contributed by atoms with E-state index < -0.39 is 17.9 Å². The summed E-state index contributed by atoms with van der Waals surface area (Å²) in [4.78, 5) is 32.5. The summed E-state index contributed by atoms with van der Waals surface area (Å²) in [5.41, 5.74) is 2.18. The lowest BCUT2D eigenvalue weighted by molar-refractivity contribution is -0.141. The van der Waals surface area contributed by atoms with Gasteiger partial charge in [0.2, 0.25) is 0 Å². The van der Waals surface area contributed by atoms with Crippen molar-refractivity contribution in [3.63, 3.8) is 0 Å². The lowest BCUT2D eigenvalue weighted by atomic mass is 10.00. The molecule has 4 rings (SSSR count). The molecule has 8 heteroatoms. The van der Waals surface area contributed by atoms with Gasteiger partial charge in [-0.1, -0.05) is 68.4 Å². The van der Waals surface area contributed by atoms with Crippen LogP contribution >= 0.6 is 0 Å². The van der Waals surface area contributed by atoms with Gasteiger partial charge in [-0.3, -0.25) is 9.69 Å². The monoisotopic (exact) mass is 481 g/mol. The van der Waals surface area contributed by atoms with Crippen molar-refractivity contribution in [3.8, 4) is 11.1 Å². The van der Waals surface area contributed by atoms with Crippen molar-refractivity contribution in [2.75, 3.05) is 18.0 Å². The first-order valence-corrected chi connectivity index (χ1v) is 11.4. The smallest absolute Gasteiger partial charge is 0.312 e. The molecule has 0 saturated carbocycles. The van der Waals surface area contributed by atoms with Crippen molar-refractivity contribution in [1.29, 1.82) is 0 Å². The van der Waals surface area contributed by atoms with Crippen LogP contribution in [0.2, 0.25) is 0 Å². The predicted molar refractivity (Wildman–Crippen MR) is 128 cm³/mol. The van der Waals surface area contributed by atoms with Gasteiger partial charge in [-0.05, 0) is 34.7 Å². The van der Waals surface area contributed by atoms with E-state index in [2.05, 4.69) is 4.98 Å². The zero-order valence-corrected chi connectivity index (χ0v) is 19.5. The molecular weight excluding hydrogens is 455 g/mol. The minimum absolute atomic E-state index is 0.0561. The fourth-order valence-corrected chi connectivity index (χ4v) is 4.31. The quantitative estimate of drug-likeness (QED) is 0.426. The normalized spacial score (nSPS) is 16.3. The molecular formula is C27H26F3N3O2. The molecule has 182 valence electrons. The van der Waals surface area contributed by atoms with Crippen LogP contribution in [0.3, 0.4) is 0 Å². The molecule has 1 atom stereocenters. The molecule has 1 aromatic heterocycles. The van der Waals surface area contributed by atoms with E-state index in [1.54, 1.807) is 0 Å². The highest BCUT2D eigenvalue weighted by Gasteiger charge is 2.41. The van der Waals surface area contributed by atoms with Crippen LogP contribution in [0, 0.1) is 5.92 Å². The van der Waals surface area contributed by atoms with E-state index in [9.17, 15) is 22.8 Å². The lowest BCUT2D eigenvalue weighted by Crippen LogP contribution is -2.41. The largest absolute Gasteiger partial charge is 0.433 e. The van der Waals surface area contributed by atoms with Crippen molar-refractivity contribution >= 4 is 17.5 Å². The Bertz CT molecular complexity index is 1190. The first-order chi connectivity index (χ1) is 16.6. The van der Waals surface area contributed by atoms with Crippen molar-refractivity contribution in [3.05, 3.63) is 84.2 Å². The highest BCUT2D eigenvalue weighted by molar-refractivity contribution is 5.97. The molecule has 1 aliphatic heterocycles. The molecule has 2 heterocycles. The topological polar surface area (TPSA) is 53.5 Å². The highest BCUT2D eigenvalue weighted by Crippen LogP contribution is 2.31. The van der Waals surface area contributed by atoms with E-state index in [0.29, 0.717) is 0 Å². The van der Waals surface area contributed by atoms with Gasteiger partial charge in [-0.2, -0.15) is 13.2 Å². The third-order valence-corrected chi connectivity index (χ3v) is 6.15. The second kappa shape index (κ2) is 9.90. The van der Waals surface area contributed by atoms with Crippen LogP contribution in [0.5, 0.6) is 0 Å². The van der Waals surface area contributed by atoms with Gasteiger partial charge >= 0.3 is 12.2 Å². The Kier molecular flexibility index (Phi) is 6.91. The van der Waals surface area contributed by atoms with Gasteiger partial charge in [0, 0.05) is 13.0 Å². The first kappa shape index (κ1) is 24.4. The van der Waals surface area contributed by atoms with E-state index in [4.69, 9.17) is 0 Å². The maximum Gasteiger partial charge on any atom is 0.433 e. The van der Waals surface area contributed by atoms with E-state index in [1.165, 1.54) is 15.9 Å². The number of pyridine rings is 1. The molecule has 0 spiro atoms. The fourth-order valence-electron chi connectivity index (χ4n) is 4.31. The van der Waals surface area contributed by atoms with Crippen molar-refractivity contribution in [2.45, 2.75) is 32.5 Å². The van der Waals surface area contributed by atoms with Gasteiger partial charge in [0.05, 0.1) is 24.5 Å². The Morgan fingerprint density at radius 2 is 1.74 bits per heavy atom. The number of aromatic nitrogens is 1. The zero-order chi connectivity index (χ0) is 25.2. The van der Waals surface area contributed by atoms with Crippen molar-refractivity contribution in [1.82, 2.24) is 9.88 Å². The van der Waals surface area contributed by atoms with Gasteiger partial charge in [0.1, 0.15) is 5.69 Å². The number of ketones is 1. The molecule has 1 fully saturated rings. The van der Waals surface area contributed by atoms with E-state index in [0.717, 1.165) is 29.0 Å². The number of hydrogen-bond donors (Lipinski definition) is 0. The number of carbonyl (C=O) groups excluding carboxylic acids is 2. The van der Waals surface area contributed by atoms with Crippen LogP contribution in [-0.4, -0.2) is 40.8 Å². The maximum atomic E-state index is 13.2. The number of halogens is 3. The molecule has 5 nitrogen and oxygen atoms in total. The fraction of sp³-hybridized carbons (Fsp3) is 0.296. The molecule has 2 amide bonds. The van der Waals surface area contributed by atoms with Crippen LogP contribution in [0.15, 0.2) is 72.9 Å². The molecule has 35 heavy (non-hydrogen) atoms. The minimum atomic E-state index is -4.55. The van der Waals surface area contributed by atoms with E-state index >= 15 is 0 Å². The molecule has 1 saturated heterocycles. The Hall–Kier alpha value is -3.68. The van der Waals surface area contributed by atoms with E-state index in [1.807, 2.05) is 68.4 Å². The number of carbonyl (C=O) groups is 2. The van der Waals surface area contributed by atoms with Gasteiger partial charge in [-0.15, -0.1) is 0 Å². The summed E-state index contributed by atoms with van der Waals surface area (Å²) in [6, 6.07) is 19.1. The maximum absolute atomic E-state index is 13.2. The molecule has 0 unspecified atom stereocenters. The summed E-state index contributed by atoms with van der Waals surface area (Å²) in [6.07, 6.45) is -3.32. The summed E-state index contributed by atoms with van der Waals surface area (Å²) in [7, 11) is 0. The third kappa shape index (κ3) is 5.53. The number of rotatable bonds is 7. The average molecular weight is 482 g/mol. The first-order valence-electron chi connectivity index (χ1n) is 11.4. The van der Waals surface area contributed by atoms with Crippen LogP contribution in [0.1, 0.15) is 25.1 Å². The van der Waals surface area contributed by atoms with Crippen molar-refractivity contribution in [2.24, 2.45) is 5.92 Å². The van der Waals surface area contributed by atoms with Gasteiger partial charge in [0.15, 0.2) is 5.78 Å². The van der Waals surface area contributed by atoms with Crippen LogP contribution in [0.4, 0.5) is 23.7 Å². The number of amides is 2. The van der Waals surface area contributed by atoms with Crippen LogP contribution in [0.25, 0.3) is 11.1 Å². The number of alkyl halides is 3. The molecule has 0 bridgehead atoms. The highest BCUT2D eigenvalue weighted by atomic mass is 19.4. The van der Waals surface area contributed by atoms with Gasteiger partial charge in [0.25, 0.3) is 0 Å². The lowest BCUT2D eigenvalue weighted by Gasteiger charge is -2.25. The number of benzene rings is 2. The van der Waals surface area contributed by atoms with E-state index in [-0.39, 0.29) is 42.9 Å². The van der Waals surface area contributed by atoms with Crippen LogP contribution < -0.4 is 4.90 Å². The summed E-state index contributed by atoms with van der Waals surface area (Å²) in [5, 5.41) is 0. The van der Waals surface area contributed by atoms with Gasteiger partial charge in [-0.25, -0.2) is 9.78 Å². The molecule has 0 N–H and O–H groups in total. The SMILES string of the molecule is CC(C)[C@H]1CN(c2ccc(C(F)(F)F)nc2)C(=O)N1CC(=O)Cc1cccc(-c2ccccc2)c1. The number of hydrogen-bond acceptors (Lipinski definition) is 3. The Morgan fingerprint density at radius 1 is 1.03 bits per heavy atom. The number of Topliss-reactive ketones (excluding diaryl/α,β-unsaturated/α-hetero) is 1. The second-order valence-corrected chi connectivity index (χ2v) is 9.01. The van der Waals surface area contributed by atoms with Crippen LogP contribution in [-0.2, 0) is 17.4 Å². The second-order valence-electron chi connectivity index (χ2n) is 9.01. The summed E-state index contributed by atoms with van der Waals surface area (Å²) in [6.45, 7) is 4.11. The molecule has 0 radical (unpaired) electrons. The standard InChI is InChI=1S/C27H26F3N3O2/c1-18(2)24-17-32(22-11-12-25(31-15-22)27(28,29)30)26(35)33(24)16-23(34)14-19-7-6-10-21(13-19)20-8-4-3-5-9-20/h3-13,15,18,24H,14,16-17H2,1-2H3/t24-/m1/s1. The predicted octanol–water partition coefficient (Wildman–Crippen LogP) is 5.85. The number of urea groups is 1. The number of nitrogens with zero attached hydrogens (tertiary/aromatic N) is 3. The Labute approximate surface area is 202 Å².